The van der Waals surface area contributed by atoms with E-state index in [1.807, 2.05) is 19.2 Å². The van der Waals surface area contributed by atoms with Crippen molar-refractivity contribution in [1.82, 2.24) is 20.4 Å². The number of ether oxygens (including phenoxy) is 1. The molecule has 2 heterocycles. The minimum Gasteiger partial charge on any atom is -0.379 e. The van der Waals surface area contributed by atoms with Gasteiger partial charge in [0.25, 0.3) is 0 Å². The summed E-state index contributed by atoms with van der Waals surface area (Å²) in [5.74, 6) is 0.897. The lowest BCUT2D eigenvalue weighted by molar-refractivity contribution is 0.0170. The van der Waals surface area contributed by atoms with Crippen LogP contribution in [0.3, 0.4) is 0 Å². The molecule has 2 saturated heterocycles. The zero-order chi connectivity index (χ0) is 20.8. The maximum atomic E-state index is 6.29. The number of aliphatic imine (C=N–C) groups is 1. The van der Waals surface area contributed by atoms with Gasteiger partial charge in [0.15, 0.2) is 5.96 Å². The molecule has 0 radical (unpaired) electrons. The minimum absolute atomic E-state index is 0. The van der Waals surface area contributed by atoms with Crippen molar-refractivity contribution in [1.29, 1.82) is 0 Å². The van der Waals surface area contributed by atoms with Crippen LogP contribution < -0.4 is 10.6 Å². The number of likely N-dealkylation sites (tertiary alicyclic amines) is 1. The van der Waals surface area contributed by atoms with Gasteiger partial charge in [-0.3, -0.25) is 14.8 Å². The van der Waals surface area contributed by atoms with Gasteiger partial charge in [-0.2, -0.15) is 0 Å². The van der Waals surface area contributed by atoms with E-state index < -0.39 is 0 Å². The highest BCUT2D eigenvalue weighted by Gasteiger charge is 2.30. The lowest BCUT2D eigenvalue weighted by Gasteiger charge is -2.35. The fourth-order valence-corrected chi connectivity index (χ4v) is 5.35. The van der Waals surface area contributed by atoms with Gasteiger partial charge in [-0.05, 0) is 37.0 Å². The van der Waals surface area contributed by atoms with E-state index in [-0.39, 0.29) is 30.0 Å². The third-order valence-electron chi connectivity index (χ3n) is 6.81. The Morgan fingerprint density at radius 3 is 2.68 bits per heavy atom. The largest absolute Gasteiger partial charge is 0.379 e. The number of nitrogens with one attached hydrogen (secondary N) is 2. The number of benzene rings is 1. The summed E-state index contributed by atoms with van der Waals surface area (Å²) in [4.78, 5) is 9.67. The van der Waals surface area contributed by atoms with E-state index in [1.165, 1.54) is 44.2 Å². The lowest BCUT2D eigenvalue weighted by Crippen LogP contribution is -2.49. The topological polar surface area (TPSA) is 52.1 Å². The number of halogens is 2. The zero-order valence-electron chi connectivity index (χ0n) is 18.6. The van der Waals surface area contributed by atoms with Crippen LogP contribution in [0.2, 0.25) is 5.02 Å². The van der Waals surface area contributed by atoms with Crippen molar-refractivity contribution in [3.63, 3.8) is 0 Å². The van der Waals surface area contributed by atoms with Gasteiger partial charge in [-0.1, -0.05) is 36.6 Å². The molecule has 2 aliphatic heterocycles. The Labute approximate surface area is 209 Å². The minimum atomic E-state index is 0. The second-order valence-electron chi connectivity index (χ2n) is 8.74. The Hall–Kier alpha value is -0.610. The van der Waals surface area contributed by atoms with E-state index in [1.54, 1.807) is 0 Å². The summed E-state index contributed by atoms with van der Waals surface area (Å²) in [6.07, 6.45) is 6.74. The quantitative estimate of drug-likeness (QED) is 0.316. The number of hydrogen-bond donors (Lipinski definition) is 2. The summed E-state index contributed by atoms with van der Waals surface area (Å²) in [6.45, 7) is 6.56. The van der Waals surface area contributed by atoms with Gasteiger partial charge in [0.1, 0.15) is 0 Å². The molecule has 1 aliphatic carbocycles. The van der Waals surface area contributed by atoms with Gasteiger partial charge in [0, 0.05) is 56.9 Å². The molecule has 0 aromatic heterocycles. The van der Waals surface area contributed by atoms with E-state index in [0.717, 1.165) is 56.4 Å². The predicted molar refractivity (Wildman–Crippen MR) is 139 cm³/mol. The van der Waals surface area contributed by atoms with E-state index in [0.29, 0.717) is 6.04 Å². The lowest BCUT2D eigenvalue weighted by atomic mass is 10.0. The molecular formula is C23H37ClIN5O. The molecule has 4 rings (SSSR count). The second kappa shape index (κ2) is 12.6. The Morgan fingerprint density at radius 2 is 1.97 bits per heavy atom. The van der Waals surface area contributed by atoms with Crippen LogP contribution in [0, 0.1) is 0 Å². The van der Waals surface area contributed by atoms with Crippen molar-refractivity contribution in [2.75, 3.05) is 53.0 Å². The van der Waals surface area contributed by atoms with Crippen LogP contribution in [-0.2, 0) is 4.74 Å². The number of nitrogens with zero attached hydrogens (tertiary/aromatic N) is 3. The third kappa shape index (κ3) is 6.93. The van der Waals surface area contributed by atoms with Crippen molar-refractivity contribution in [2.45, 2.75) is 50.2 Å². The molecule has 31 heavy (non-hydrogen) atoms. The zero-order valence-corrected chi connectivity index (χ0v) is 21.6. The van der Waals surface area contributed by atoms with Crippen molar-refractivity contribution in [3.05, 3.63) is 34.9 Å². The van der Waals surface area contributed by atoms with Crippen LogP contribution in [0.4, 0.5) is 0 Å². The summed E-state index contributed by atoms with van der Waals surface area (Å²) in [5.41, 5.74) is 1.24. The standard InChI is InChI=1S/C23H36ClN5O.HI/c1-25-23(27-20-9-10-29(17-20)21-7-2-3-8-21)26-16-22(28-11-13-30-14-12-28)18-5-4-6-19(24)15-18;/h4-6,15,20-22H,2-3,7-14,16-17H2,1H3,(H2,25,26,27);1H. The van der Waals surface area contributed by atoms with Gasteiger partial charge in [-0.15, -0.1) is 24.0 Å². The van der Waals surface area contributed by atoms with Crippen molar-refractivity contribution >= 4 is 41.5 Å². The number of rotatable bonds is 6. The Bertz CT molecular complexity index is 709. The molecule has 1 saturated carbocycles. The molecule has 3 fully saturated rings. The molecule has 6 nitrogen and oxygen atoms in total. The van der Waals surface area contributed by atoms with Crippen LogP contribution in [0.1, 0.15) is 43.7 Å². The summed E-state index contributed by atoms with van der Waals surface area (Å²) < 4.78 is 5.57. The monoisotopic (exact) mass is 561 g/mol. The maximum absolute atomic E-state index is 6.29. The van der Waals surface area contributed by atoms with Crippen LogP contribution in [0.25, 0.3) is 0 Å². The van der Waals surface area contributed by atoms with Crippen molar-refractivity contribution in [2.24, 2.45) is 4.99 Å². The first-order valence-corrected chi connectivity index (χ1v) is 11.9. The molecule has 1 aromatic rings. The van der Waals surface area contributed by atoms with Crippen LogP contribution in [0.5, 0.6) is 0 Å². The first-order chi connectivity index (χ1) is 14.7. The van der Waals surface area contributed by atoms with Gasteiger partial charge >= 0.3 is 0 Å². The summed E-state index contributed by atoms with van der Waals surface area (Å²) >= 11 is 6.29. The summed E-state index contributed by atoms with van der Waals surface area (Å²) in [5, 5.41) is 8.04. The summed E-state index contributed by atoms with van der Waals surface area (Å²) in [7, 11) is 1.86. The molecule has 3 aliphatic rings. The number of guanidine groups is 1. The van der Waals surface area contributed by atoms with Crippen molar-refractivity contribution < 1.29 is 4.74 Å². The summed E-state index contributed by atoms with van der Waals surface area (Å²) in [6, 6.07) is 9.74. The SMILES string of the molecule is CN=C(NCC(c1cccc(Cl)c1)N1CCOCC1)NC1CCN(C2CCCC2)C1.I. The highest BCUT2D eigenvalue weighted by Crippen LogP contribution is 2.27. The Balaban J connectivity index is 0.00000272. The normalized spacial score (nSPS) is 24.7. The van der Waals surface area contributed by atoms with Crippen LogP contribution >= 0.6 is 35.6 Å². The first kappa shape index (κ1) is 25.0. The van der Waals surface area contributed by atoms with Gasteiger partial charge in [0.2, 0.25) is 0 Å². The molecule has 1 aromatic carbocycles. The van der Waals surface area contributed by atoms with E-state index >= 15 is 0 Å². The fraction of sp³-hybridized carbons (Fsp3) is 0.696. The van der Waals surface area contributed by atoms with Gasteiger partial charge < -0.3 is 15.4 Å². The highest BCUT2D eigenvalue weighted by atomic mass is 127. The predicted octanol–water partition coefficient (Wildman–Crippen LogP) is 3.51. The van der Waals surface area contributed by atoms with Crippen molar-refractivity contribution in [3.8, 4) is 0 Å². The molecule has 0 spiro atoms. The molecule has 0 bridgehead atoms. The van der Waals surface area contributed by atoms with Crippen LogP contribution in [0.15, 0.2) is 29.3 Å². The van der Waals surface area contributed by atoms with Crippen LogP contribution in [-0.4, -0.2) is 80.8 Å². The average Bonchev–Trinajstić information content (AvgIpc) is 3.46. The Morgan fingerprint density at radius 1 is 1.19 bits per heavy atom. The number of hydrogen-bond acceptors (Lipinski definition) is 4. The fourth-order valence-electron chi connectivity index (χ4n) is 5.15. The Kier molecular flexibility index (Phi) is 10.2. The molecule has 0 amide bonds. The molecule has 2 N–H and O–H groups in total. The second-order valence-corrected chi connectivity index (χ2v) is 9.17. The van der Waals surface area contributed by atoms with E-state index in [2.05, 4.69) is 37.6 Å². The highest BCUT2D eigenvalue weighted by molar-refractivity contribution is 14.0. The van der Waals surface area contributed by atoms with Gasteiger partial charge in [0.05, 0.1) is 19.3 Å². The number of morpholine rings is 1. The average molecular weight is 562 g/mol. The molecular weight excluding hydrogens is 525 g/mol. The van der Waals surface area contributed by atoms with E-state index in [9.17, 15) is 0 Å². The smallest absolute Gasteiger partial charge is 0.191 e. The first-order valence-electron chi connectivity index (χ1n) is 11.5. The third-order valence-corrected chi connectivity index (χ3v) is 7.04. The van der Waals surface area contributed by atoms with Gasteiger partial charge in [-0.25, -0.2) is 0 Å². The van der Waals surface area contributed by atoms with E-state index in [4.69, 9.17) is 16.3 Å². The maximum Gasteiger partial charge on any atom is 0.191 e. The molecule has 2 atom stereocenters. The molecule has 8 heteroatoms. The molecule has 174 valence electrons. The molecule has 2 unspecified atom stereocenters.